The number of hydrogen-bond acceptors (Lipinski definition) is 6. The van der Waals surface area contributed by atoms with Crippen molar-refractivity contribution in [3.63, 3.8) is 0 Å². The lowest BCUT2D eigenvalue weighted by Crippen LogP contribution is -2.48. The van der Waals surface area contributed by atoms with Crippen molar-refractivity contribution in [1.82, 2.24) is 15.6 Å². The Kier molecular flexibility index (Phi) is 9.68. The second-order valence-electron chi connectivity index (χ2n) is 7.79. The molecule has 0 bridgehead atoms. The van der Waals surface area contributed by atoms with E-state index in [0.29, 0.717) is 18.7 Å². The van der Waals surface area contributed by atoms with Crippen molar-refractivity contribution < 1.29 is 14.3 Å². The molecule has 1 atom stereocenters. The number of aromatic nitrogens is 1. The second-order valence-corrected chi connectivity index (χ2v) is 8.78. The van der Waals surface area contributed by atoms with Crippen molar-refractivity contribution in [3.8, 4) is 5.75 Å². The van der Waals surface area contributed by atoms with E-state index in [9.17, 15) is 9.59 Å². The van der Waals surface area contributed by atoms with Crippen molar-refractivity contribution in [2.24, 2.45) is 0 Å². The summed E-state index contributed by atoms with van der Waals surface area (Å²) in [6.07, 6.45) is 8.04. The smallest absolute Gasteiger partial charge is 0.258 e. The van der Waals surface area contributed by atoms with Crippen LogP contribution in [0.3, 0.4) is 0 Å². The number of nitrogens with zero attached hydrogens (tertiary/aromatic N) is 2. The van der Waals surface area contributed by atoms with E-state index in [1.165, 1.54) is 19.3 Å². The average Bonchev–Trinajstić information content (AvgIpc) is 2.85. The molecule has 1 unspecified atom stereocenters. The van der Waals surface area contributed by atoms with Crippen molar-refractivity contribution in [2.75, 3.05) is 36.6 Å². The Morgan fingerprint density at radius 1 is 1.12 bits per heavy atom. The Labute approximate surface area is 194 Å². The molecule has 8 heteroatoms. The number of nitrogens with one attached hydrogen (secondary N) is 2. The fraction of sp³-hybridized carbons (Fsp3) is 0.458. The Hall–Kier alpha value is -2.74. The highest BCUT2D eigenvalue weighted by Crippen LogP contribution is 2.17. The van der Waals surface area contributed by atoms with Gasteiger partial charge in [0.05, 0.1) is 0 Å². The molecule has 1 aromatic carbocycles. The molecule has 0 radical (unpaired) electrons. The third kappa shape index (κ3) is 7.75. The van der Waals surface area contributed by atoms with Crippen LogP contribution in [0, 0.1) is 0 Å². The van der Waals surface area contributed by atoms with Crippen molar-refractivity contribution in [1.29, 1.82) is 0 Å². The number of anilines is 1. The van der Waals surface area contributed by atoms with Gasteiger partial charge < -0.3 is 20.3 Å². The van der Waals surface area contributed by atoms with E-state index in [0.717, 1.165) is 30.2 Å². The normalized spacial score (nSPS) is 14.5. The SMILES string of the molecule is CSCCC(NC(=O)COc1ccccc1)C(=O)NCc1ccc(N2CCCCC2)nc1. The summed E-state index contributed by atoms with van der Waals surface area (Å²) in [5.41, 5.74) is 0.932. The van der Waals surface area contributed by atoms with Crippen LogP contribution in [0.25, 0.3) is 0 Å². The summed E-state index contributed by atoms with van der Waals surface area (Å²) in [6.45, 7) is 2.34. The molecule has 1 aromatic heterocycles. The highest BCUT2D eigenvalue weighted by Gasteiger charge is 2.20. The summed E-state index contributed by atoms with van der Waals surface area (Å²) < 4.78 is 5.48. The monoisotopic (exact) mass is 456 g/mol. The molecule has 1 saturated heterocycles. The Bertz CT molecular complexity index is 842. The fourth-order valence-electron chi connectivity index (χ4n) is 3.55. The minimum absolute atomic E-state index is 0.130. The molecule has 3 rings (SSSR count). The average molecular weight is 457 g/mol. The number of carbonyl (C=O) groups excluding carboxylic acids is 2. The molecule has 2 amide bonds. The molecule has 0 saturated carbocycles. The molecule has 7 nitrogen and oxygen atoms in total. The quantitative estimate of drug-likeness (QED) is 0.541. The fourth-order valence-corrected chi connectivity index (χ4v) is 4.02. The van der Waals surface area contributed by atoms with Crippen LogP contribution in [0.15, 0.2) is 48.7 Å². The first-order valence-corrected chi connectivity index (χ1v) is 12.5. The third-order valence-corrected chi connectivity index (χ3v) is 5.98. The van der Waals surface area contributed by atoms with E-state index >= 15 is 0 Å². The maximum atomic E-state index is 12.7. The van der Waals surface area contributed by atoms with E-state index < -0.39 is 6.04 Å². The molecular weight excluding hydrogens is 424 g/mol. The van der Waals surface area contributed by atoms with Gasteiger partial charge in [-0.05, 0) is 61.5 Å². The zero-order valence-electron chi connectivity index (χ0n) is 18.6. The molecule has 0 spiro atoms. The molecule has 32 heavy (non-hydrogen) atoms. The first-order chi connectivity index (χ1) is 15.7. The van der Waals surface area contributed by atoms with Gasteiger partial charge in [0.1, 0.15) is 17.6 Å². The van der Waals surface area contributed by atoms with E-state index in [-0.39, 0.29) is 18.4 Å². The zero-order chi connectivity index (χ0) is 22.6. The minimum atomic E-state index is -0.602. The van der Waals surface area contributed by atoms with Crippen LogP contribution >= 0.6 is 11.8 Å². The van der Waals surface area contributed by atoms with Gasteiger partial charge >= 0.3 is 0 Å². The number of rotatable bonds is 11. The maximum Gasteiger partial charge on any atom is 0.258 e. The van der Waals surface area contributed by atoms with Gasteiger partial charge in [-0.1, -0.05) is 24.3 Å². The number of ether oxygens (including phenoxy) is 1. The highest BCUT2D eigenvalue weighted by atomic mass is 32.2. The summed E-state index contributed by atoms with van der Waals surface area (Å²) in [6, 6.07) is 12.6. The van der Waals surface area contributed by atoms with Crippen molar-refractivity contribution in [2.45, 2.75) is 38.3 Å². The van der Waals surface area contributed by atoms with Crippen molar-refractivity contribution >= 4 is 29.4 Å². The van der Waals surface area contributed by atoms with Crippen molar-refractivity contribution in [3.05, 3.63) is 54.2 Å². The van der Waals surface area contributed by atoms with Gasteiger partial charge in [-0.2, -0.15) is 11.8 Å². The zero-order valence-corrected chi connectivity index (χ0v) is 19.4. The van der Waals surface area contributed by atoms with Crippen LogP contribution in [0.4, 0.5) is 5.82 Å². The van der Waals surface area contributed by atoms with E-state index in [1.807, 2.05) is 42.8 Å². The van der Waals surface area contributed by atoms with Crippen LogP contribution in [0.2, 0.25) is 0 Å². The molecule has 0 aliphatic carbocycles. The van der Waals surface area contributed by atoms with Crippen LogP contribution in [0.1, 0.15) is 31.2 Å². The summed E-state index contributed by atoms with van der Waals surface area (Å²) in [5, 5.41) is 5.73. The number of amides is 2. The minimum Gasteiger partial charge on any atom is -0.484 e. The molecular formula is C24H32N4O3S. The van der Waals surface area contributed by atoms with Crippen LogP contribution in [-0.2, 0) is 16.1 Å². The predicted molar refractivity (Wildman–Crippen MR) is 129 cm³/mol. The number of piperidine rings is 1. The summed E-state index contributed by atoms with van der Waals surface area (Å²) in [7, 11) is 0. The number of carbonyl (C=O) groups is 2. The topological polar surface area (TPSA) is 83.6 Å². The van der Waals surface area contributed by atoms with Gasteiger partial charge in [-0.25, -0.2) is 4.98 Å². The number of pyridine rings is 1. The largest absolute Gasteiger partial charge is 0.484 e. The Morgan fingerprint density at radius 3 is 2.59 bits per heavy atom. The number of benzene rings is 1. The van der Waals surface area contributed by atoms with Gasteiger partial charge in [0, 0.05) is 25.8 Å². The maximum absolute atomic E-state index is 12.7. The molecule has 2 N–H and O–H groups in total. The summed E-state index contributed by atoms with van der Waals surface area (Å²) in [4.78, 5) is 31.9. The summed E-state index contributed by atoms with van der Waals surface area (Å²) >= 11 is 1.64. The molecule has 1 aliphatic heterocycles. The van der Waals surface area contributed by atoms with E-state index in [4.69, 9.17) is 4.74 Å². The lowest BCUT2D eigenvalue weighted by atomic mass is 10.1. The highest BCUT2D eigenvalue weighted by molar-refractivity contribution is 7.98. The standard InChI is InChI=1S/C24H32N4O3S/c1-32-15-12-21(27-23(29)18-31-20-8-4-2-5-9-20)24(30)26-17-19-10-11-22(25-16-19)28-13-6-3-7-14-28/h2,4-5,8-11,16,21H,3,6-7,12-15,17-18H2,1H3,(H,26,30)(H,27,29). The number of hydrogen-bond donors (Lipinski definition) is 2. The second kappa shape index (κ2) is 13.0. The van der Waals surface area contributed by atoms with Gasteiger partial charge in [-0.15, -0.1) is 0 Å². The first kappa shape index (κ1) is 23.9. The van der Waals surface area contributed by atoms with E-state index in [1.54, 1.807) is 23.9 Å². The van der Waals surface area contributed by atoms with E-state index in [2.05, 4.69) is 20.5 Å². The lowest BCUT2D eigenvalue weighted by Gasteiger charge is -2.27. The van der Waals surface area contributed by atoms with Gasteiger partial charge in [0.15, 0.2) is 6.61 Å². The van der Waals surface area contributed by atoms with Crippen LogP contribution in [0.5, 0.6) is 5.75 Å². The lowest BCUT2D eigenvalue weighted by molar-refractivity contribution is -0.130. The molecule has 1 fully saturated rings. The molecule has 2 heterocycles. The Morgan fingerprint density at radius 2 is 1.91 bits per heavy atom. The number of para-hydroxylation sites is 1. The van der Waals surface area contributed by atoms with Gasteiger partial charge in [-0.3, -0.25) is 9.59 Å². The van der Waals surface area contributed by atoms with Crippen LogP contribution in [-0.4, -0.2) is 54.5 Å². The predicted octanol–water partition coefficient (Wildman–Crippen LogP) is 3.01. The van der Waals surface area contributed by atoms with Crippen LogP contribution < -0.4 is 20.3 Å². The van der Waals surface area contributed by atoms with Gasteiger partial charge in [0.25, 0.3) is 5.91 Å². The number of thioether (sulfide) groups is 1. The Balaban J connectivity index is 1.48. The van der Waals surface area contributed by atoms with Gasteiger partial charge in [0.2, 0.25) is 5.91 Å². The molecule has 2 aromatic rings. The molecule has 172 valence electrons. The molecule has 1 aliphatic rings. The summed E-state index contributed by atoms with van der Waals surface area (Å²) in [5.74, 6) is 1.86. The third-order valence-electron chi connectivity index (χ3n) is 5.33. The first-order valence-electron chi connectivity index (χ1n) is 11.1.